The summed E-state index contributed by atoms with van der Waals surface area (Å²) >= 11 is 7.34. The summed E-state index contributed by atoms with van der Waals surface area (Å²) in [5.74, 6) is -0.146. The minimum atomic E-state index is -0.361. The molecule has 24 heavy (non-hydrogen) atoms. The molecule has 1 aromatic heterocycles. The maximum absolute atomic E-state index is 12.5. The topological polar surface area (TPSA) is 74.8 Å². The number of carbonyl (C=O) groups excluding carboxylic acids is 1. The van der Waals surface area contributed by atoms with Crippen LogP contribution in [0, 0.1) is 6.92 Å². The fourth-order valence-electron chi connectivity index (χ4n) is 2.07. The molecule has 0 bridgehead atoms. The second-order valence-corrected chi connectivity index (χ2v) is 6.96. The van der Waals surface area contributed by atoms with Crippen molar-refractivity contribution in [3.05, 3.63) is 50.9 Å². The van der Waals surface area contributed by atoms with Gasteiger partial charge < -0.3 is 10.3 Å². The van der Waals surface area contributed by atoms with E-state index in [9.17, 15) is 9.59 Å². The third-order valence-corrected chi connectivity index (χ3v) is 5.15. The van der Waals surface area contributed by atoms with Gasteiger partial charge in [-0.1, -0.05) is 43.3 Å². The van der Waals surface area contributed by atoms with E-state index in [1.165, 1.54) is 17.8 Å². The quantitative estimate of drug-likeness (QED) is 0.603. The first-order valence-corrected chi connectivity index (χ1v) is 9.02. The number of amides is 1. The maximum Gasteiger partial charge on any atom is 0.251 e. The number of aryl methyl sites for hydroxylation is 2. The summed E-state index contributed by atoms with van der Waals surface area (Å²) in [4.78, 5) is 31.2. The molecule has 1 heterocycles. The summed E-state index contributed by atoms with van der Waals surface area (Å²) < 4.78 is 0. The fraction of sp³-hybridized carbons (Fsp3) is 0.353. The van der Waals surface area contributed by atoms with Gasteiger partial charge in [0.2, 0.25) is 5.91 Å². The summed E-state index contributed by atoms with van der Waals surface area (Å²) in [6.45, 7) is 5.75. The predicted octanol–water partition coefficient (Wildman–Crippen LogP) is 3.80. The number of benzene rings is 1. The van der Waals surface area contributed by atoms with E-state index in [2.05, 4.69) is 15.3 Å². The molecule has 0 aliphatic carbocycles. The van der Waals surface area contributed by atoms with Crippen molar-refractivity contribution in [3.8, 4) is 0 Å². The molecule has 5 nitrogen and oxygen atoms in total. The van der Waals surface area contributed by atoms with Gasteiger partial charge in [-0.25, -0.2) is 4.98 Å². The molecule has 128 valence electrons. The summed E-state index contributed by atoms with van der Waals surface area (Å²) in [6, 6.07) is 6.87. The number of H-pyrrole nitrogens is 1. The number of carbonyl (C=O) groups is 1. The number of nitrogens with zero attached hydrogens (tertiary/aromatic N) is 1. The zero-order valence-corrected chi connectivity index (χ0v) is 15.4. The van der Waals surface area contributed by atoms with Crippen LogP contribution < -0.4 is 10.9 Å². The highest BCUT2D eigenvalue weighted by atomic mass is 35.5. The van der Waals surface area contributed by atoms with Crippen molar-refractivity contribution in [3.63, 3.8) is 0 Å². The smallest absolute Gasteiger partial charge is 0.251 e. The van der Waals surface area contributed by atoms with E-state index in [4.69, 9.17) is 11.6 Å². The van der Waals surface area contributed by atoms with Gasteiger partial charge in [0.05, 0.1) is 5.25 Å². The van der Waals surface area contributed by atoms with Crippen LogP contribution in [-0.2, 0) is 11.2 Å². The standard InChI is InChI=1S/C17H20ClN3O2S/c1-4-11-9-15(22)21-17(20-11)24-14(5-2)16(23)19-12-7-6-10(3)13(18)8-12/h6-9,14H,4-5H2,1-3H3,(H,19,23)(H,20,21,22). The number of aromatic nitrogens is 2. The third kappa shape index (κ3) is 4.85. The van der Waals surface area contributed by atoms with Crippen molar-refractivity contribution < 1.29 is 4.79 Å². The fourth-order valence-corrected chi connectivity index (χ4v) is 3.18. The number of thioether (sulfide) groups is 1. The van der Waals surface area contributed by atoms with E-state index in [0.717, 1.165) is 5.56 Å². The van der Waals surface area contributed by atoms with E-state index < -0.39 is 0 Å². The Kier molecular flexibility index (Phi) is 6.45. The Balaban J connectivity index is 2.12. The van der Waals surface area contributed by atoms with Gasteiger partial charge in [-0.15, -0.1) is 0 Å². The molecule has 1 atom stereocenters. The normalized spacial score (nSPS) is 12.0. The van der Waals surface area contributed by atoms with E-state index >= 15 is 0 Å². The zero-order chi connectivity index (χ0) is 17.7. The second kappa shape index (κ2) is 8.35. The molecule has 7 heteroatoms. The minimum absolute atomic E-state index is 0.146. The van der Waals surface area contributed by atoms with Crippen LogP contribution in [0.15, 0.2) is 34.2 Å². The van der Waals surface area contributed by atoms with Gasteiger partial charge >= 0.3 is 0 Å². The summed E-state index contributed by atoms with van der Waals surface area (Å²) in [5, 5.41) is 3.57. The van der Waals surface area contributed by atoms with E-state index in [0.29, 0.717) is 34.4 Å². The Labute approximate surface area is 150 Å². The third-order valence-electron chi connectivity index (χ3n) is 3.49. The molecule has 2 aromatic rings. The number of anilines is 1. The Morgan fingerprint density at radius 1 is 1.38 bits per heavy atom. The number of aromatic amines is 1. The van der Waals surface area contributed by atoms with Crippen molar-refractivity contribution in [2.24, 2.45) is 0 Å². The van der Waals surface area contributed by atoms with Crippen molar-refractivity contribution in [1.29, 1.82) is 0 Å². The highest BCUT2D eigenvalue weighted by molar-refractivity contribution is 8.00. The van der Waals surface area contributed by atoms with Crippen molar-refractivity contribution in [1.82, 2.24) is 9.97 Å². The van der Waals surface area contributed by atoms with Crippen LogP contribution >= 0.6 is 23.4 Å². The number of rotatable bonds is 6. The van der Waals surface area contributed by atoms with Crippen LogP contribution in [0.4, 0.5) is 5.69 Å². The maximum atomic E-state index is 12.5. The van der Waals surface area contributed by atoms with Gasteiger partial charge in [-0.2, -0.15) is 0 Å². The molecule has 1 amide bonds. The molecule has 2 rings (SSSR count). The Hall–Kier alpha value is -1.79. The first kappa shape index (κ1) is 18.5. The number of halogens is 1. The first-order valence-electron chi connectivity index (χ1n) is 7.76. The van der Waals surface area contributed by atoms with Gasteiger partial charge in [-0.3, -0.25) is 9.59 Å². The molecular weight excluding hydrogens is 346 g/mol. The lowest BCUT2D eigenvalue weighted by atomic mass is 10.2. The van der Waals surface area contributed by atoms with E-state index in [1.807, 2.05) is 32.9 Å². The Bertz CT molecular complexity index is 792. The van der Waals surface area contributed by atoms with Gasteiger partial charge in [0, 0.05) is 22.5 Å². The molecule has 2 N–H and O–H groups in total. The van der Waals surface area contributed by atoms with Crippen molar-refractivity contribution in [2.45, 2.75) is 44.0 Å². The highest BCUT2D eigenvalue weighted by Gasteiger charge is 2.20. The van der Waals surface area contributed by atoms with Crippen LogP contribution in [0.3, 0.4) is 0 Å². The molecule has 0 spiro atoms. The summed E-state index contributed by atoms with van der Waals surface area (Å²) in [6.07, 6.45) is 1.28. The molecule has 0 fully saturated rings. The lowest BCUT2D eigenvalue weighted by molar-refractivity contribution is -0.115. The van der Waals surface area contributed by atoms with Gasteiger partial charge in [-0.05, 0) is 37.5 Å². The predicted molar refractivity (Wildman–Crippen MR) is 99.0 cm³/mol. The second-order valence-electron chi connectivity index (χ2n) is 5.36. The summed E-state index contributed by atoms with van der Waals surface area (Å²) in [5.41, 5.74) is 2.11. The van der Waals surface area contributed by atoms with Gasteiger partial charge in [0.1, 0.15) is 0 Å². The van der Waals surface area contributed by atoms with Gasteiger partial charge in [0.15, 0.2) is 5.16 Å². The Morgan fingerprint density at radius 2 is 2.12 bits per heavy atom. The largest absolute Gasteiger partial charge is 0.325 e. The molecule has 0 aliphatic rings. The SMILES string of the molecule is CCc1cc(=O)[nH]c(SC(CC)C(=O)Nc2ccc(C)c(Cl)c2)n1. The number of hydrogen-bond acceptors (Lipinski definition) is 4. The average Bonchev–Trinajstić information content (AvgIpc) is 2.55. The highest BCUT2D eigenvalue weighted by Crippen LogP contribution is 2.25. The molecular formula is C17H20ClN3O2S. The van der Waals surface area contributed by atoms with Crippen LogP contribution in [-0.4, -0.2) is 21.1 Å². The lowest BCUT2D eigenvalue weighted by Crippen LogP contribution is -2.25. The number of hydrogen-bond donors (Lipinski definition) is 2. The molecule has 1 unspecified atom stereocenters. The van der Waals surface area contributed by atoms with Crippen molar-refractivity contribution in [2.75, 3.05) is 5.32 Å². The van der Waals surface area contributed by atoms with Crippen LogP contribution in [0.25, 0.3) is 0 Å². The zero-order valence-electron chi connectivity index (χ0n) is 13.9. The van der Waals surface area contributed by atoms with Crippen molar-refractivity contribution >= 4 is 35.0 Å². The first-order chi connectivity index (χ1) is 11.4. The molecule has 0 saturated carbocycles. The number of nitrogens with one attached hydrogen (secondary N) is 2. The van der Waals surface area contributed by atoms with Gasteiger partial charge in [0.25, 0.3) is 5.56 Å². The summed E-state index contributed by atoms with van der Waals surface area (Å²) in [7, 11) is 0. The van der Waals surface area contributed by atoms with Crippen LogP contribution in [0.5, 0.6) is 0 Å². The minimum Gasteiger partial charge on any atom is -0.325 e. The van der Waals surface area contributed by atoms with Crippen LogP contribution in [0.1, 0.15) is 31.5 Å². The van der Waals surface area contributed by atoms with Crippen LogP contribution in [0.2, 0.25) is 5.02 Å². The average molecular weight is 366 g/mol. The van der Waals surface area contributed by atoms with E-state index in [1.54, 1.807) is 6.07 Å². The molecule has 1 aromatic carbocycles. The molecule has 0 saturated heterocycles. The molecule has 0 radical (unpaired) electrons. The Morgan fingerprint density at radius 3 is 2.75 bits per heavy atom. The monoisotopic (exact) mass is 365 g/mol. The molecule has 0 aliphatic heterocycles. The van der Waals surface area contributed by atoms with E-state index in [-0.39, 0.29) is 16.7 Å². The lowest BCUT2D eigenvalue weighted by Gasteiger charge is -2.14.